The van der Waals surface area contributed by atoms with E-state index < -0.39 is 11.7 Å². The van der Waals surface area contributed by atoms with Gasteiger partial charge in [0.25, 0.3) is 5.91 Å². The molecule has 2 aromatic rings. The fourth-order valence-electron chi connectivity index (χ4n) is 4.83. The number of anilines is 1. The van der Waals surface area contributed by atoms with Crippen LogP contribution < -0.4 is 4.90 Å². The molecule has 31 heavy (non-hydrogen) atoms. The van der Waals surface area contributed by atoms with E-state index in [1.54, 1.807) is 18.5 Å². The van der Waals surface area contributed by atoms with E-state index in [9.17, 15) is 15.2 Å². The van der Waals surface area contributed by atoms with Gasteiger partial charge < -0.3 is 19.6 Å². The van der Waals surface area contributed by atoms with Crippen molar-refractivity contribution in [2.75, 3.05) is 44.2 Å². The highest BCUT2D eigenvalue weighted by molar-refractivity contribution is 5.92. The topological polar surface area (TPSA) is 106 Å². The van der Waals surface area contributed by atoms with E-state index in [0.29, 0.717) is 61.9 Å². The first-order valence-electron chi connectivity index (χ1n) is 10.6. The Morgan fingerprint density at radius 3 is 2.58 bits per heavy atom. The summed E-state index contributed by atoms with van der Waals surface area (Å²) in [6, 6.07) is 6.12. The largest absolute Gasteiger partial charge is 0.388 e. The van der Waals surface area contributed by atoms with Crippen molar-refractivity contribution in [1.29, 1.82) is 5.26 Å². The number of morpholine rings is 1. The lowest BCUT2D eigenvalue weighted by Crippen LogP contribution is -2.72. The molecule has 5 rings (SSSR count). The molecule has 3 saturated heterocycles. The second-order valence-corrected chi connectivity index (χ2v) is 9.14. The third-order valence-corrected chi connectivity index (χ3v) is 6.38. The molecule has 3 aliphatic heterocycles. The van der Waals surface area contributed by atoms with Crippen molar-refractivity contribution < 1.29 is 14.6 Å². The molecule has 0 radical (unpaired) electrons. The summed E-state index contributed by atoms with van der Waals surface area (Å²) >= 11 is 0. The minimum atomic E-state index is -0.598. The van der Waals surface area contributed by atoms with Gasteiger partial charge in [0, 0.05) is 51.2 Å². The molecule has 0 bridgehead atoms. The number of rotatable bonds is 3. The van der Waals surface area contributed by atoms with E-state index in [0.717, 1.165) is 5.69 Å². The van der Waals surface area contributed by atoms with Crippen molar-refractivity contribution in [3.05, 3.63) is 30.1 Å². The predicted molar refractivity (Wildman–Crippen MR) is 113 cm³/mol. The summed E-state index contributed by atoms with van der Waals surface area (Å²) in [5.74, 6) is 0.00381. The van der Waals surface area contributed by atoms with E-state index >= 15 is 0 Å². The van der Waals surface area contributed by atoms with Crippen LogP contribution in [0.15, 0.2) is 24.5 Å². The van der Waals surface area contributed by atoms with E-state index in [2.05, 4.69) is 25.8 Å². The number of nitrogens with zero attached hydrogens (tertiary/aromatic N) is 6. The van der Waals surface area contributed by atoms with Crippen molar-refractivity contribution in [2.45, 2.75) is 37.7 Å². The van der Waals surface area contributed by atoms with Gasteiger partial charge in [-0.05, 0) is 26.0 Å². The third kappa shape index (κ3) is 3.61. The van der Waals surface area contributed by atoms with Gasteiger partial charge in [0.1, 0.15) is 17.1 Å². The van der Waals surface area contributed by atoms with Crippen molar-refractivity contribution in [2.24, 2.45) is 0 Å². The van der Waals surface area contributed by atoms with E-state index in [1.807, 2.05) is 24.8 Å². The second-order valence-electron chi connectivity index (χ2n) is 9.14. The van der Waals surface area contributed by atoms with Crippen LogP contribution in [-0.4, -0.2) is 93.9 Å². The lowest BCUT2D eigenvalue weighted by atomic mass is 9.92. The Labute approximate surface area is 180 Å². The van der Waals surface area contributed by atoms with Gasteiger partial charge in [0.05, 0.1) is 29.5 Å². The summed E-state index contributed by atoms with van der Waals surface area (Å²) < 4.78 is 6.01. The Bertz CT molecular complexity index is 1050. The van der Waals surface area contributed by atoms with Crippen LogP contribution in [0.1, 0.15) is 19.4 Å². The molecule has 0 unspecified atom stereocenters. The van der Waals surface area contributed by atoms with Crippen molar-refractivity contribution in [3.8, 4) is 6.07 Å². The number of fused-ring (bicyclic) bond motifs is 1. The Morgan fingerprint density at radius 1 is 1.19 bits per heavy atom. The molecule has 2 atom stereocenters. The molecule has 162 valence electrons. The lowest BCUT2D eigenvalue weighted by molar-refractivity contribution is -0.165. The van der Waals surface area contributed by atoms with Gasteiger partial charge in [-0.3, -0.25) is 19.7 Å². The summed E-state index contributed by atoms with van der Waals surface area (Å²) in [4.78, 5) is 28.1. The average molecular weight is 422 g/mol. The van der Waals surface area contributed by atoms with Crippen molar-refractivity contribution >= 4 is 22.6 Å². The van der Waals surface area contributed by atoms with Crippen LogP contribution in [0, 0.1) is 11.3 Å². The molecule has 1 N–H and O–H groups in total. The van der Waals surface area contributed by atoms with Gasteiger partial charge in [0.2, 0.25) is 0 Å². The van der Waals surface area contributed by atoms with Gasteiger partial charge in [-0.1, -0.05) is 0 Å². The summed E-state index contributed by atoms with van der Waals surface area (Å²) in [6.45, 7) is 7.55. The van der Waals surface area contributed by atoms with E-state index in [-0.39, 0.29) is 12.0 Å². The molecule has 9 nitrogen and oxygen atoms in total. The first-order valence-corrected chi connectivity index (χ1v) is 10.6. The molecule has 1 aromatic heterocycles. The van der Waals surface area contributed by atoms with Gasteiger partial charge in [0.15, 0.2) is 6.10 Å². The Morgan fingerprint density at radius 2 is 1.90 bits per heavy atom. The number of benzene rings is 1. The number of carbonyl (C=O) groups is 1. The molecule has 3 aliphatic rings. The van der Waals surface area contributed by atoms with Gasteiger partial charge >= 0.3 is 0 Å². The van der Waals surface area contributed by atoms with Crippen LogP contribution in [0.3, 0.4) is 0 Å². The Balaban J connectivity index is 1.30. The van der Waals surface area contributed by atoms with Crippen LogP contribution in [0.4, 0.5) is 5.69 Å². The number of aliphatic hydroxyl groups is 1. The quantitative estimate of drug-likeness (QED) is 0.757. The van der Waals surface area contributed by atoms with Crippen LogP contribution in [0.2, 0.25) is 0 Å². The monoisotopic (exact) mass is 422 g/mol. The fourth-order valence-corrected chi connectivity index (χ4v) is 4.83. The maximum absolute atomic E-state index is 13.1. The number of aromatic nitrogens is 2. The van der Waals surface area contributed by atoms with Crippen molar-refractivity contribution in [3.63, 3.8) is 0 Å². The number of hydrogen-bond acceptors (Lipinski definition) is 8. The van der Waals surface area contributed by atoms with Crippen LogP contribution in [0.5, 0.6) is 0 Å². The average Bonchev–Trinajstić information content (AvgIpc) is 2.70. The fraction of sp³-hybridized carbons (Fsp3) is 0.545. The number of nitriles is 1. The standard InChI is InChI=1S/C22H26N6O3/c1-14-8-26(17-4-3-15(7-23)19-20(17)25-6-5-24-19)11-18(31-14)21(29)27-9-16(10-27)28-12-22(2,30)13-28/h3-6,14,16,18,30H,8-13H2,1-2H3/t14-,18-/m1/s1. The van der Waals surface area contributed by atoms with Crippen molar-refractivity contribution in [1.82, 2.24) is 19.8 Å². The number of ether oxygens (including phenoxy) is 1. The number of carbonyl (C=O) groups excluding carboxylic acids is 1. The first-order chi connectivity index (χ1) is 14.8. The van der Waals surface area contributed by atoms with E-state index in [1.165, 1.54) is 0 Å². The number of β-amino-alcohol motifs (C(OH)–C–C–N with tert-alkyl or cyclic N) is 1. The van der Waals surface area contributed by atoms with E-state index in [4.69, 9.17) is 4.74 Å². The molecule has 0 spiro atoms. The minimum Gasteiger partial charge on any atom is -0.388 e. The van der Waals surface area contributed by atoms with Gasteiger partial charge in [-0.2, -0.15) is 5.26 Å². The maximum Gasteiger partial charge on any atom is 0.253 e. The Hall–Kier alpha value is -2.80. The molecule has 0 saturated carbocycles. The smallest absolute Gasteiger partial charge is 0.253 e. The highest BCUT2D eigenvalue weighted by atomic mass is 16.5. The minimum absolute atomic E-state index is 0.00381. The van der Waals surface area contributed by atoms with Gasteiger partial charge in [-0.15, -0.1) is 0 Å². The summed E-state index contributed by atoms with van der Waals surface area (Å²) in [7, 11) is 0. The molecule has 9 heteroatoms. The molecule has 1 aromatic carbocycles. The van der Waals surface area contributed by atoms with Crippen LogP contribution in [0.25, 0.3) is 11.0 Å². The summed E-state index contributed by atoms with van der Waals surface area (Å²) in [6.07, 6.45) is 2.53. The number of amides is 1. The first kappa shape index (κ1) is 20.1. The Kier molecular flexibility index (Phi) is 4.81. The highest BCUT2D eigenvalue weighted by Crippen LogP contribution is 2.31. The zero-order valence-corrected chi connectivity index (χ0v) is 17.7. The number of hydrogen-bond donors (Lipinski definition) is 1. The maximum atomic E-state index is 13.1. The zero-order chi connectivity index (χ0) is 21.8. The molecular formula is C22H26N6O3. The zero-order valence-electron chi connectivity index (χ0n) is 17.7. The van der Waals surface area contributed by atoms with Crippen LogP contribution >= 0.6 is 0 Å². The summed E-state index contributed by atoms with van der Waals surface area (Å²) in [5.41, 5.74) is 1.98. The number of likely N-dealkylation sites (tertiary alicyclic amines) is 2. The SMILES string of the molecule is C[C@@H]1CN(c2ccc(C#N)c3nccnc23)C[C@H](C(=O)N2CC(N3CC(C)(O)C3)C2)O1. The predicted octanol–water partition coefficient (Wildman–Crippen LogP) is 0.373. The normalized spacial score (nSPS) is 26.3. The molecule has 1 amide bonds. The lowest BCUT2D eigenvalue weighted by Gasteiger charge is -2.54. The molecule has 3 fully saturated rings. The second kappa shape index (κ2) is 7.41. The van der Waals surface area contributed by atoms with Gasteiger partial charge in [-0.25, -0.2) is 0 Å². The van der Waals surface area contributed by atoms with Crippen LogP contribution in [-0.2, 0) is 9.53 Å². The summed E-state index contributed by atoms with van der Waals surface area (Å²) in [5, 5.41) is 19.3. The highest BCUT2D eigenvalue weighted by Gasteiger charge is 2.46. The molecule has 0 aliphatic carbocycles. The molecular weight excluding hydrogens is 396 g/mol. The molecule has 4 heterocycles. The third-order valence-electron chi connectivity index (χ3n) is 6.38.